The number of aryl methyl sites for hydroxylation is 1. The normalized spacial score (nSPS) is 40.4. The topological polar surface area (TPSA) is 46.5 Å². The summed E-state index contributed by atoms with van der Waals surface area (Å²) in [6, 6.07) is 6.32. The third kappa shape index (κ3) is 2.17. The maximum Gasteiger partial charge on any atom is 0.133 e. The quantitative estimate of drug-likeness (QED) is 0.900. The van der Waals surface area contributed by atoms with Gasteiger partial charge in [-0.25, -0.2) is 0 Å². The number of Topliss-reactive ketones (excluding diaryl/α,β-unsaturated/α-hetero) is 1. The van der Waals surface area contributed by atoms with Gasteiger partial charge in [0.2, 0.25) is 0 Å². The lowest BCUT2D eigenvalue weighted by atomic mass is 9.53. The van der Waals surface area contributed by atoms with Crippen molar-refractivity contribution in [3.63, 3.8) is 0 Å². The van der Waals surface area contributed by atoms with Crippen LogP contribution in [0.5, 0.6) is 5.75 Å². The van der Waals surface area contributed by atoms with Crippen LogP contribution < -0.4 is 4.74 Å². The average molecular weight is 328 g/mol. The SMILES string of the molecule is COc1ccc2c(c1)CCC1C2C(O)CC2(C)C(C(C)=O)CCC12. The highest BCUT2D eigenvalue weighted by Crippen LogP contribution is 2.63. The smallest absolute Gasteiger partial charge is 0.133 e. The molecule has 1 aromatic carbocycles. The molecular weight excluding hydrogens is 300 g/mol. The number of aliphatic hydroxyl groups is 1. The molecule has 2 saturated carbocycles. The van der Waals surface area contributed by atoms with E-state index in [9.17, 15) is 9.90 Å². The van der Waals surface area contributed by atoms with E-state index < -0.39 is 0 Å². The van der Waals surface area contributed by atoms with Crippen LogP contribution in [0, 0.1) is 23.2 Å². The molecule has 1 aromatic rings. The van der Waals surface area contributed by atoms with Crippen LogP contribution in [0.15, 0.2) is 18.2 Å². The number of ether oxygens (including phenoxy) is 1. The lowest BCUT2D eigenvalue weighted by molar-refractivity contribution is -0.128. The number of carbonyl (C=O) groups excluding carboxylic acids is 1. The van der Waals surface area contributed by atoms with Gasteiger partial charge in [0.1, 0.15) is 11.5 Å². The molecule has 0 saturated heterocycles. The molecule has 1 N–H and O–H groups in total. The van der Waals surface area contributed by atoms with Crippen LogP contribution in [-0.2, 0) is 11.2 Å². The van der Waals surface area contributed by atoms with Gasteiger partial charge < -0.3 is 9.84 Å². The average Bonchev–Trinajstić information content (AvgIpc) is 2.90. The highest BCUT2D eigenvalue weighted by atomic mass is 16.5. The van der Waals surface area contributed by atoms with Crippen molar-refractivity contribution >= 4 is 5.78 Å². The van der Waals surface area contributed by atoms with Gasteiger partial charge in [-0.1, -0.05) is 13.0 Å². The standard InChI is InChI=1S/C21H28O3/c1-12(22)17-8-9-18-16-6-4-13-10-14(24-3)5-7-15(13)20(16)19(23)11-21(17,18)2/h5,7,10,16-20,23H,4,6,8-9,11H2,1-3H3. The molecule has 3 nitrogen and oxygen atoms in total. The fraction of sp³-hybridized carbons (Fsp3) is 0.667. The predicted molar refractivity (Wildman–Crippen MR) is 93.2 cm³/mol. The van der Waals surface area contributed by atoms with Crippen LogP contribution in [0.2, 0.25) is 0 Å². The van der Waals surface area contributed by atoms with Crippen LogP contribution in [0.1, 0.15) is 56.6 Å². The van der Waals surface area contributed by atoms with Gasteiger partial charge >= 0.3 is 0 Å². The number of carbonyl (C=O) groups is 1. The molecule has 0 radical (unpaired) electrons. The van der Waals surface area contributed by atoms with Gasteiger partial charge in [-0.05, 0) is 79.5 Å². The number of aliphatic hydroxyl groups excluding tert-OH is 1. The molecular formula is C21H28O3. The summed E-state index contributed by atoms with van der Waals surface area (Å²) in [5.41, 5.74) is 2.63. The van der Waals surface area contributed by atoms with Crippen molar-refractivity contribution in [2.75, 3.05) is 7.11 Å². The minimum absolute atomic E-state index is 0.0175. The van der Waals surface area contributed by atoms with Crippen LogP contribution in [0.3, 0.4) is 0 Å². The van der Waals surface area contributed by atoms with Crippen molar-refractivity contribution in [2.24, 2.45) is 23.2 Å². The molecule has 3 heteroatoms. The Morgan fingerprint density at radius 1 is 1.29 bits per heavy atom. The highest BCUT2D eigenvalue weighted by molar-refractivity contribution is 5.79. The molecule has 6 atom stereocenters. The van der Waals surface area contributed by atoms with Gasteiger partial charge in [0.15, 0.2) is 0 Å². The molecule has 0 aliphatic heterocycles. The van der Waals surface area contributed by atoms with E-state index in [2.05, 4.69) is 19.1 Å². The second-order valence-electron chi connectivity index (χ2n) is 8.42. The van der Waals surface area contributed by atoms with Gasteiger partial charge in [0, 0.05) is 11.8 Å². The van der Waals surface area contributed by atoms with Crippen molar-refractivity contribution < 1.29 is 14.6 Å². The first-order chi connectivity index (χ1) is 11.5. The highest BCUT2D eigenvalue weighted by Gasteiger charge is 2.58. The maximum atomic E-state index is 12.1. The number of fused-ring (bicyclic) bond motifs is 5. The molecule has 0 spiro atoms. The minimum atomic E-state index is -0.344. The zero-order valence-corrected chi connectivity index (χ0v) is 14.9. The molecule has 4 rings (SSSR count). The second kappa shape index (κ2) is 5.59. The minimum Gasteiger partial charge on any atom is -0.497 e. The lowest BCUT2D eigenvalue weighted by Gasteiger charge is -2.52. The Balaban J connectivity index is 1.72. The summed E-state index contributed by atoms with van der Waals surface area (Å²) in [6.07, 6.45) is 4.73. The van der Waals surface area contributed by atoms with Crippen LogP contribution >= 0.6 is 0 Å². The Morgan fingerprint density at radius 3 is 2.79 bits per heavy atom. The largest absolute Gasteiger partial charge is 0.497 e. The number of methoxy groups -OCH3 is 1. The first-order valence-corrected chi connectivity index (χ1v) is 9.31. The number of benzene rings is 1. The van der Waals surface area contributed by atoms with E-state index in [-0.39, 0.29) is 23.4 Å². The molecule has 3 aliphatic rings. The first kappa shape index (κ1) is 16.1. The van der Waals surface area contributed by atoms with E-state index >= 15 is 0 Å². The Labute approximate surface area is 144 Å². The molecule has 6 unspecified atom stereocenters. The van der Waals surface area contributed by atoms with Crippen molar-refractivity contribution in [2.45, 2.75) is 58.0 Å². The van der Waals surface area contributed by atoms with Crippen molar-refractivity contribution in [1.29, 1.82) is 0 Å². The number of rotatable bonds is 2. The number of hydrogen-bond acceptors (Lipinski definition) is 3. The predicted octanol–water partition coefficient (Wildman–Crippen LogP) is 3.73. The van der Waals surface area contributed by atoms with Gasteiger partial charge in [-0.3, -0.25) is 4.79 Å². The summed E-state index contributed by atoms with van der Waals surface area (Å²) in [5.74, 6) is 2.64. The summed E-state index contributed by atoms with van der Waals surface area (Å²) in [4.78, 5) is 12.1. The third-order valence-electron chi connectivity index (χ3n) is 7.40. The Kier molecular flexibility index (Phi) is 3.76. The number of ketones is 1. The fourth-order valence-electron chi connectivity index (χ4n) is 6.43. The van der Waals surface area contributed by atoms with Gasteiger partial charge in [0.25, 0.3) is 0 Å². The monoisotopic (exact) mass is 328 g/mol. The Bertz CT molecular complexity index is 667. The van der Waals surface area contributed by atoms with Crippen LogP contribution in [-0.4, -0.2) is 24.1 Å². The van der Waals surface area contributed by atoms with Crippen molar-refractivity contribution in [3.05, 3.63) is 29.3 Å². The second-order valence-corrected chi connectivity index (χ2v) is 8.42. The maximum absolute atomic E-state index is 12.1. The summed E-state index contributed by atoms with van der Waals surface area (Å²) in [5, 5.41) is 11.0. The van der Waals surface area contributed by atoms with Gasteiger partial charge in [-0.2, -0.15) is 0 Å². The number of hydrogen-bond donors (Lipinski definition) is 1. The van der Waals surface area contributed by atoms with E-state index in [0.717, 1.165) is 37.9 Å². The van der Waals surface area contributed by atoms with Crippen LogP contribution in [0.4, 0.5) is 0 Å². The Hall–Kier alpha value is -1.35. The van der Waals surface area contributed by atoms with Crippen LogP contribution in [0.25, 0.3) is 0 Å². The lowest BCUT2D eigenvalue weighted by Crippen LogP contribution is -2.49. The molecule has 0 heterocycles. The zero-order valence-electron chi connectivity index (χ0n) is 14.9. The third-order valence-corrected chi connectivity index (χ3v) is 7.40. The molecule has 0 bridgehead atoms. The summed E-state index contributed by atoms with van der Waals surface area (Å²) < 4.78 is 5.37. The van der Waals surface area contributed by atoms with E-state index in [1.807, 2.05) is 6.07 Å². The summed E-state index contributed by atoms with van der Waals surface area (Å²) >= 11 is 0. The van der Waals surface area contributed by atoms with E-state index in [1.54, 1.807) is 14.0 Å². The fourth-order valence-corrected chi connectivity index (χ4v) is 6.43. The van der Waals surface area contributed by atoms with Gasteiger partial charge in [-0.15, -0.1) is 0 Å². The molecule has 3 aliphatic carbocycles. The van der Waals surface area contributed by atoms with Crippen molar-refractivity contribution in [3.8, 4) is 5.75 Å². The molecule has 130 valence electrons. The van der Waals surface area contributed by atoms with E-state index in [1.165, 1.54) is 11.1 Å². The first-order valence-electron chi connectivity index (χ1n) is 9.31. The zero-order chi connectivity index (χ0) is 17.1. The molecule has 2 fully saturated rings. The molecule has 0 aromatic heterocycles. The van der Waals surface area contributed by atoms with Crippen molar-refractivity contribution in [1.82, 2.24) is 0 Å². The van der Waals surface area contributed by atoms with E-state index in [0.29, 0.717) is 17.6 Å². The summed E-state index contributed by atoms with van der Waals surface area (Å²) in [6.45, 7) is 4.00. The molecule has 24 heavy (non-hydrogen) atoms. The Morgan fingerprint density at radius 2 is 2.08 bits per heavy atom. The van der Waals surface area contributed by atoms with E-state index in [4.69, 9.17) is 4.74 Å². The molecule has 0 amide bonds. The summed E-state index contributed by atoms with van der Waals surface area (Å²) in [7, 11) is 1.70. The van der Waals surface area contributed by atoms with Gasteiger partial charge in [0.05, 0.1) is 13.2 Å².